The molecule has 122 valence electrons. The van der Waals surface area contributed by atoms with Crippen molar-refractivity contribution < 1.29 is 13.9 Å². The van der Waals surface area contributed by atoms with E-state index in [9.17, 15) is 14.0 Å². The van der Waals surface area contributed by atoms with Gasteiger partial charge in [-0.3, -0.25) is 9.20 Å². The molecule has 0 atom stereocenters. The maximum absolute atomic E-state index is 13.0. The van der Waals surface area contributed by atoms with Crippen LogP contribution in [0.1, 0.15) is 17.0 Å². The molecule has 1 aromatic carbocycles. The van der Waals surface area contributed by atoms with E-state index in [0.29, 0.717) is 16.2 Å². The molecule has 0 unspecified atom stereocenters. The van der Waals surface area contributed by atoms with Crippen molar-refractivity contribution in [3.63, 3.8) is 0 Å². The first-order valence-electron chi connectivity index (χ1n) is 7.10. The first-order valence-corrected chi connectivity index (χ1v) is 7.98. The molecule has 2 aromatic heterocycles. The van der Waals surface area contributed by atoms with E-state index < -0.39 is 5.97 Å². The molecule has 0 saturated heterocycles. The lowest BCUT2D eigenvalue weighted by Gasteiger charge is -2.02. The molecule has 0 fully saturated rings. The van der Waals surface area contributed by atoms with Crippen molar-refractivity contribution in [3.05, 3.63) is 74.9 Å². The minimum absolute atomic E-state index is 0.102. The molecule has 0 aliphatic heterocycles. The number of fused-ring (bicyclic) bond motifs is 1. The third-order valence-corrected chi connectivity index (χ3v) is 4.20. The molecule has 24 heavy (non-hydrogen) atoms. The number of aryl methyl sites for hydroxylation is 1. The molecular weight excluding hydrogens is 331 g/mol. The molecule has 0 bridgehead atoms. The van der Waals surface area contributed by atoms with Crippen molar-refractivity contribution in [2.24, 2.45) is 0 Å². The summed E-state index contributed by atoms with van der Waals surface area (Å²) < 4.78 is 19.6. The van der Waals surface area contributed by atoms with Crippen molar-refractivity contribution >= 4 is 28.3 Å². The van der Waals surface area contributed by atoms with Gasteiger partial charge in [0.05, 0.1) is 5.69 Å². The number of nitrogens with zero attached hydrogens (tertiary/aromatic N) is 2. The summed E-state index contributed by atoms with van der Waals surface area (Å²) in [5, 5.41) is 1.83. The fraction of sp³-hybridized carbons (Fsp3) is 0.118. The number of hydrogen-bond donors (Lipinski definition) is 0. The predicted octanol–water partition coefficient (Wildman–Crippen LogP) is 2.96. The molecule has 0 aliphatic rings. The average molecular weight is 344 g/mol. The predicted molar refractivity (Wildman–Crippen MR) is 89.3 cm³/mol. The molecule has 0 aliphatic carbocycles. The summed E-state index contributed by atoms with van der Waals surface area (Å²) >= 11 is 1.35. The SMILES string of the molecule is Cc1csc2nc(COC(=O)C=Cc3cccc(F)c3)cc(=O)n12. The van der Waals surface area contributed by atoms with E-state index in [4.69, 9.17) is 4.74 Å². The maximum Gasteiger partial charge on any atom is 0.331 e. The van der Waals surface area contributed by atoms with Crippen LogP contribution in [0.2, 0.25) is 0 Å². The normalized spacial score (nSPS) is 11.2. The number of carbonyl (C=O) groups is 1. The minimum Gasteiger partial charge on any atom is -0.456 e. The lowest BCUT2D eigenvalue weighted by Crippen LogP contribution is -2.16. The standard InChI is InChI=1S/C17H13FN2O3S/c1-11-10-24-17-19-14(8-15(21)20(11)17)9-23-16(22)6-5-12-3-2-4-13(18)7-12/h2-8,10H,9H2,1H3. The number of carbonyl (C=O) groups excluding carboxylic acids is 1. The molecule has 7 heteroatoms. The molecule has 0 saturated carbocycles. The number of hydrogen-bond acceptors (Lipinski definition) is 5. The number of esters is 1. The van der Waals surface area contributed by atoms with Crippen molar-refractivity contribution in [2.45, 2.75) is 13.5 Å². The molecule has 0 amide bonds. The average Bonchev–Trinajstić information content (AvgIpc) is 2.93. The Morgan fingerprint density at radius 1 is 1.42 bits per heavy atom. The molecular formula is C17H13FN2O3S. The summed E-state index contributed by atoms with van der Waals surface area (Å²) in [5.41, 5.74) is 1.54. The fourth-order valence-corrected chi connectivity index (χ4v) is 3.03. The van der Waals surface area contributed by atoms with Crippen LogP contribution >= 0.6 is 11.3 Å². The third kappa shape index (κ3) is 3.57. The number of halogens is 1. The largest absolute Gasteiger partial charge is 0.456 e. The Balaban J connectivity index is 1.67. The van der Waals surface area contributed by atoms with Gasteiger partial charge in [-0.05, 0) is 30.7 Å². The van der Waals surface area contributed by atoms with Crippen LogP contribution in [0.4, 0.5) is 4.39 Å². The van der Waals surface area contributed by atoms with E-state index in [1.54, 1.807) is 12.1 Å². The second kappa shape index (κ2) is 6.76. The van der Waals surface area contributed by atoms with Crippen LogP contribution in [0.25, 0.3) is 11.0 Å². The highest BCUT2D eigenvalue weighted by Gasteiger charge is 2.07. The van der Waals surface area contributed by atoms with Gasteiger partial charge in [0.1, 0.15) is 12.4 Å². The van der Waals surface area contributed by atoms with Gasteiger partial charge in [0.25, 0.3) is 5.56 Å². The number of rotatable bonds is 4. The lowest BCUT2D eigenvalue weighted by molar-refractivity contribution is -0.139. The Labute approximate surface area is 140 Å². The second-order valence-electron chi connectivity index (χ2n) is 5.08. The molecule has 3 rings (SSSR count). The number of ether oxygens (including phenoxy) is 1. The van der Waals surface area contributed by atoms with Crippen molar-refractivity contribution in [2.75, 3.05) is 0 Å². The van der Waals surface area contributed by atoms with Gasteiger partial charge in [-0.15, -0.1) is 11.3 Å². The Bertz CT molecular complexity index is 991. The van der Waals surface area contributed by atoms with E-state index in [1.165, 1.54) is 46.1 Å². The quantitative estimate of drug-likeness (QED) is 0.539. The van der Waals surface area contributed by atoms with Crippen LogP contribution in [0, 0.1) is 12.7 Å². The van der Waals surface area contributed by atoms with Crippen LogP contribution in [-0.2, 0) is 16.1 Å². The van der Waals surface area contributed by atoms with Crippen LogP contribution in [0.5, 0.6) is 0 Å². The smallest absolute Gasteiger partial charge is 0.331 e. The van der Waals surface area contributed by atoms with Gasteiger partial charge in [0.15, 0.2) is 4.96 Å². The van der Waals surface area contributed by atoms with Gasteiger partial charge in [-0.25, -0.2) is 14.2 Å². The first kappa shape index (κ1) is 16.1. The summed E-state index contributed by atoms with van der Waals surface area (Å²) in [6.45, 7) is 1.72. The van der Waals surface area contributed by atoms with Crippen molar-refractivity contribution in [3.8, 4) is 0 Å². The summed E-state index contributed by atoms with van der Waals surface area (Å²) in [5.74, 6) is -0.974. The molecule has 0 spiro atoms. The third-order valence-electron chi connectivity index (χ3n) is 3.25. The highest BCUT2D eigenvalue weighted by atomic mass is 32.1. The Kier molecular flexibility index (Phi) is 4.52. The first-order chi connectivity index (χ1) is 11.5. The second-order valence-corrected chi connectivity index (χ2v) is 5.91. The van der Waals surface area contributed by atoms with Gasteiger partial charge >= 0.3 is 5.97 Å². The monoisotopic (exact) mass is 344 g/mol. The van der Waals surface area contributed by atoms with Crippen molar-refractivity contribution in [1.29, 1.82) is 0 Å². The van der Waals surface area contributed by atoms with Crippen LogP contribution < -0.4 is 5.56 Å². The lowest BCUT2D eigenvalue weighted by atomic mass is 10.2. The van der Waals surface area contributed by atoms with E-state index in [1.807, 2.05) is 12.3 Å². The molecule has 0 radical (unpaired) electrons. The number of thiazole rings is 1. The Hall–Kier alpha value is -2.80. The van der Waals surface area contributed by atoms with Gasteiger partial charge in [-0.2, -0.15) is 0 Å². The molecule has 0 N–H and O–H groups in total. The summed E-state index contributed by atoms with van der Waals surface area (Å²) in [7, 11) is 0. The zero-order valence-electron chi connectivity index (χ0n) is 12.7. The topological polar surface area (TPSA) is 60.7 Å². The molecule has 3 aromatic rings. The summed E-state index contributed by atoms with van der Waals surface area (Å²) in [6.07, 6.45) is 2.66. The minimum atomic E-state index is -0.594. The van der Waals surface area contributed by atoms with Crippen LogP contribution in [0.3, 0.4) is 0 Å². The Morgan fingerprint density at radius 2 is 2.25 bits per heavy atom. The van der Waals surface area contributed by atoms with Gasteiger partial charge in [0.2, 0.25) is 0 Å². The zero-order valence-corrected chi connectivity index (χ0v) is 13.5. The van der Waals surface area contributed by atoms with E-state index in [-0.39, 0.29) is 18.0 Å². The fourth-order valence-electron chi connectivity index (χ4n) is 2.14. The van der Waals surface area contributed by atoms with E-state index >= 15 is 0 Å². The number of aromatic nitrogens is 2. The van der Waals surface area contributed by atoms with Gasteiger partial charge in [0, 0.05) is 23.2 Å². The Morgan fingerprint density at radius 3 is 3.04 bits per heavy atom. The summed E-state index contributed by atoms with van der Waals surface area (Å²) in [4.78, 5) is 28.6. The maximum atomic E-state index is 13.0. The van der Waals surface area contributed by atoms with Gasteiger partial charge in [-0.1, -0.05) is 12.1 Å². The van der Waals surface area contributed by atoms with E-state index in [2.05, 4.69) is 4.98 Å². The summed E-state index contributed by atoms with van der Waals surface area (Å²) in [6, 6.07) is 7.19. The molecule has 2 heterocycles. The number of benzene rings is 1. The van der Waals surface area contributed by atoms with Gasteiger partial charge < -0.3 is 4.74 Å². The van der Waals surface area contributed by atoms with Crippen LogP contribution in [0.15, 0.2) is 46.6 Å². The highest BCUT2D eigenvalue weighted by molar-refractivity contribution is 7.15. The zero-order chi connectivity index (χ0) is 17.1. The molecule has 5 nitrogen and oxygen atoms in total. The highest BCUT2D eigenvalue weighted by Crippen LogP contribution is 2.12. The van der Waals surface area contributed by atoms with E-state index in [0.717, 1.165) is 5.69 Å². The van der Waals surface area contributed by atoms with Crippen molar-refractivity contribution in [1.82, 2.24) is 9.38 Å². The van der Waals surface area contributed by atoms with Crippen LogP contribution in [-0.4, -0.2) is 15.4 Å².